The summed E-state index contributed by atoms with van der Waals surface area (Å²) in [5.41, 5.74) is 1.86. The minimum Gasteiger partial charge on any atom is -0.484 e. The van der Waals surface area contributed by atoms with Crippen LogP contribution in [0.4, 0.5) is 5.13 Å². The summed E-state index contributed by atoms with van der Waals surface area (Å²) in [6.07, 6.45) is 0. The van der Waals surface area contributed by atoms with Crippen LogP contribution < -0.4 is 10.1 Å². The van der Waals surface area contributed by atoms with Gasteiger partial charge in [-0.3, -0.25) is 19.7 Å². The molecule has 0 unspecified atom stereocenters. The maximum atomic E-state index is 12.2. The van der Waals surface area contributed by atoms with E-state index >= 15 is 0 Å². The Hall–Kier alpha value is -3.32. The molecule has 2 aromatic carbocycles. The Bertz CT molecular complexity index is 1030. The van der Waals surface area contributed by atoms with Crippen LogP contribution in [0.15, 0.2) is 54.6 Å². The molecule has 0 bridgehead atoms. The molecule has 3 aromatic rings. The van der Waals surface area contributed by atoms with Crippen LogP contribution >= 0.6 is 11.3 Å². The van der Waals surface area contributed by atoms with Gasteiger partial charge in [0, 0.05) is 18.1 Å². The summed E-state index contributed by atoms with van der Waals surface area (Å²) in [5, 5.41) is 2.99. The van der Waals surface area contributed by atoms with E-state index in [1.54, 1.807) is 24.3 Å². The minimum atomic E-state index is -0.406. The number of amides is 1. The third kappa shape index (κ3) is 4.69. The molecule has 7 heteroatoms. The van der Waals surface area contributed by atoms with Crippen molar-refractivity contribution in [2.45, 2.75) is 13.8 Å². The number of carbonyl (C=O) groups excluding carboxylic acids is 3. The number of thiazole rings is 1. The fraction of sp³-hybridized carbons (Fsp3) is 0.143. The number of hydrogen-bond donors (Lipinski definition) is 1. The van der Waals surface area contributed by atoms with Crippen molar-refractivity contribution in [1.29, 1.82) is 0 Å². The van der Waals surface area contributed by atoms with E-state index in [-0.39, 0.29) is 18.2 Å². The first-order valence-electron chi connectivity index (χ1n) is 8.55. The highest BCUT2D eigenvalue weighted by atomic mass is 32.1. The van der Waals surface area contributed by atoms with E-state index in [0.29, 0.717) is 27.0 Å². The van der Waals surface area contributed by atoms with E-state index in [1.807, 2.05) is 30.3 Å². The molecular formula is C21H18N2O4S. The molecule has 0 spiro atoms. The molecule has 0 aliphatic heterocycles. The number of carbonyl (C=O) groups is 3. The second-order valence-corrected chi connectivity index (χ2v) is 7.04. The summed E-state index contributed by atoms with van der Waals surface area (Å²) in [5.74, 6) is -0.176. The molecule has 1 amide bonds. The Morgan fingerprint density at radius 1 is 1.00 bits per heavy atom. The lowest BCUT2D eigenvalue weighted by atomic mass is 10.1. The standard InChI is InChI=1S/C21H18N2O4S/c1-13(24)16-9-6-10-17(11-16)27-12-18(26)22-21-23-19(20(28-21)14(2)25)15-7-4-3-5-8-15/h3-11H,12H2,1-2H3,(H,22,23,26). The predicted octanol–water partition coefficient (Wildman–Crippen LogP) is 4.23. The third-order valence-electron chi connectivity index (χ3n) is 3.85. The van der Waals surface area contributed by atoms with Gasteiger partial charge >= 0.3 is 0 Å². The normalized spacial score (nSPS) is 10.4. The molecule has 0 aliphatic rings. The SMILES string of the molecule is CC(=O)c1cccc(OCC(=O)Nc2nc(-c3ccccc3)c(C(C)=O)s2)c1. The molecule has 6 nitrogen and oxygen atoms in total. The number of benzene rings is 2. The van der Waals surface area contributed by atoms with Gasteiger partial charge in [0.2, 0.25) is 0 Å². The van der Waals surface area contributed by atoms with Crippen LogP contribution in [-0.4, -0.2) is 29.1 Å². The van der Waals surface area contributed by atoms with Crippen LogP contribution in [0.3, 0.4) is 0 Å². The maximum absolute atomic E-state index is 12.2. The van der Waals surface area contributed by atoms with Crippen molar-refractivity contribution in [3.8, 4) is 17.0 Å². The van der Waals surface area contributed by atoms with Crippen molar-refractivity contribution in [1.82, 2.24) is 4.98 Å². The highest BCUT2D eigenvalue weighted by Gasteiger charge is 2.18. The number of nitrogens with zero attached hydrogens (tertiary/aromatic N) is 1. The second-order valence-electron chi connectivity index (χ2n) is 6.04. The molecule has 0 radical (unpaired) electrons. The molecule has 0 fully saturated rings. The lowest BCUT2D eigenvalue weighted by Gasteiger charge is -2.06. The summed E-state index contributed by atoms with van der Waals surface area (Å²) in [7, 11) is 0. The fourth-order valence-corrected chi connectivity index (χ4v) is 3.41. The van der Waals surface area contributed by atoms with Gasteiger partial charge in [0.15, 0.2) is 23.3 Å². The molecule has 1 aromatic heterocycles. The molecule has 3 rings (SSSR count). The van der Waals surface area contributed by atoms with Crippen LogP contribution in [0.2, 0.25) is 0 Å². The van der Waals surface area contributed by atoms with E-state index in [2.05, 4.69) is 10.3 Å². The van der Waals surface area contributed by atoms with Gasteiger partial charge in [-0.1, -0.05) is 53.8 Å². The van der Waals surface area contributed by atoms with Crippen molar-refractivity contribution < 1.29 is 19.1 Å². The number of ether oxygens (including phenoxy) is 1. The van der Waals surface area contributed by atoms with Crippen LogP contribution in [0.5, 0.6) is 5.75 Å². The topological polar surface area (TPSA) is 85.4 Å². The molecule has 1 N–H and O–H groups in total. The number of hydrogen-bond acceptors (Lipinski definition) is 6. The summed E-state index contributed by atoms with van der Waals surface area (Å²) in [4.78, 5) is 40.4. The van der Waals surface area contributed by atoms with Gasteiger partial charge in [0.05, 0.1) is 10.6 Å². The number of Topliss-reactive ketones (excluding diaryl/α,β-unsaturated/α-hetero) is 2. The highest BCUT2D eigenvalue weighted by Crippen LogP contribution is 2.31. The zero-order valence-electron chi connectivity index (χ0n) is 15.4. The average molecular weight is 394 g/mol. The number of ketones is 2. The van der Waals surface area contributed by atoms with Crippen molar-refractivity contribution in [3.05, 3.63) is 65.0 Å². The third-order valence-corrected chi connectivity index (χ3v) is 4.92. The minimum absolute atomic E-state index is 0.0807. The molecule has 142 valence electrons. The van der Waals surface area contributed by atoms with Crippen LogP contribution in [0.1, 0.15) is 33.9 Å². The molecule has 0 aliphatic carbocycles. The van der Waals surface area contributed by atoms with E-state index in [1.165, 1.54) is 13.8 Å². The van der Waals surface area contributed by atoms with Crippen LogP contribution in [0, 0.1) is 0 Å². The molecule has 0 saturated carbocycles. The van der Waals surface area contributed by atoms with Crippen LogP contribution in [0.25, 0.3) is 11.3 Å². The lowest BCUT2D eigenvalue weighted by molar-refractivity contribution is -0.118. The summed E-state index contributed by atoms with van der Waals surface area (Å²) in [6, 6.07) is 15.9. The van der Waals surface area contributed by atoms with Gasteiger partial charge in [-0.25, -0.2) is 4.98 Å². The molecular weight excluding hydrogens is 376 g/mol. The number of anilines is 1. The van der Waals surface area contributed by atoms with Gasteiger partial charge in [0.1, 0.15) is 5.75 Å². The zero-order chi connectivity index (χ0) is 20.1. The quantitative estimate of drug-likeness (QED) is 0.606. The van der Waals surface area contributed by atoms with Crippen molar-refractivity contribution in [3.63, 3.8) is 0 Å². The van der Waals surface area contributed by atoms with E-state index in [0.717, 1.165) is 16.9 Å². The monoisotopic (exact) mass is 394 g/mol. The first kappa shape index (κ1) is 19.4. The predicted molar refractivity (Wildman–Crippen MR) is 108 cm³/mol. The van der Waals surface area contributed by atoms with Gasteiger partial charge in [-0.2, -0.15) is 0 Å². The van der Waals surface area contributed by atoms with E-state index < -0.39 is 5.91 Å². The molecule has 1 heterocycles. The van der Waals surface area contributed by atoms with Crippen molar-refractivity contribution in [2.24, 2.45) is 0 Å². The second kappa shape index (κ2) is 8.58. The van der Waals surface area contributed by atoms with Crippen LogP contribution in [-0.2, 0) is 4.79 Å². The number of aromatic nitrogens is 1. The Kier molecular flexibility index (Phi) is 5.96. The fourth-order valence-electron chi connectivity index (χ4n) is 2.51. The molecule has 0 atom stereocenters. The van der Waals surface area contributed by atoms with Gasteiger partial charge in [0.25, 0.3) is 5.91 Å². The summed E-state index contributed by atoms with van der Waals surface area (Å²) >= 11 is 1.13. The summed E-state index contributed by atoms with van der Waals surface area (Å²) in [6.45, 7) is 2.69. The largest absolute Gasteiger partial charge is 0.484 e. The van der Waals surface area contributed by atoms with Crippen molar-refractivity contribution in [2.75, 3.05) is 11.9 Å². The smallest absolute Gasteiger partial charge is 0.264 e. The average Bonchev–Trinajstić information content (AvgIpc) is 3.11. The Morgan fingerprint density at radius 3 is 2.43 bits per heavy atom. The first-order chi connectivity index (χ1) is 13.4. The maximum Gasteiger partial charge on any atom is 0.264 e. The zero-order valence-corrected chi connectivity index (χ0v) is 16.2. The Morgan fingerprint density at radius 2 is 1.75 bits per heavy atom. The van der Waals surface area contributed by atoms with E-state index in [9.17, 15) is 14.4 Å². The molecule has 0 saturated heterocycles. The highest BCUT2D eigenvalue weighted by molar-refractivity contribution is 7.18. The Balaban J connectivity index is 1.70. The number of nitrogens with one attached hydrogen (secondary N) is 1. The first-order valence-corrected chi connectivity index (χ1v) is 9.36. The van der Waals surface area contributed by atoms with Gasteiger partial charge in [-0.15, -0.1) is 0 Å². The van der Waals surface area contributed by atoms with Gasteiger partial charge in [-0.05, 0) is 19.1 Å². The molecule has 28 heavy (non-hydrogen) atoms. The van der Waals surface area contributed by atoms with Crippen molar-refractivity contribution >= 4 is 33.9 Å². The summed E-state index contributed by atoms with van der Waals surface area (Å²) < 4.78 is 5.45. The lowest BCUT2D eigenvalue weighted by Crippen LogP contribution is -2.20. The number of rotatable bonds is 7. The van der Waals surface area contributed by atoms with Gasteiger partial charge < -0.3 is 4.74 Å². The van der Waals surface area contributed by atoms with E-state index in [4.69, 9.17) is 4.74 Å². The Labute approximate surface area is 166 Å².